The maximum atomic E-state index is 9.97. The number of hydrogen-bond acceptors (Lipinski definition) is 2. The molecule has 0 aliphatic heterocycles. The van der Waals surface area contributed by atoms with E-state index >= 15 is 0 Å². The van der Waals surface area contributed by atoms with Gasteiger partial charge in [-0.3, -0.25) is 4.99 Å². The molecule has 0 unspecified atom stereocenters. The standard InChI is InChI=1S/C17H18ClNO/c1-4-13-7-5-6-12(3)16(13)19-10-14-8-11(2)9-15(18)17(14)20/h5-10,20H,4H2,1-3H3. The molecule has 104 valence electrons. The monoisotopic (exact) mass is 287 g/mol. The van der Waals surface area contributed by atoms with Gasteiger partial charge in [-0.25, -0.2) is 0 Å². The lowest BCUT2D eigenvalue weighted by Crippen LogP contribution is -1.88. The van der Waals surface area contributed by atoms with Gasteiger partial charge in [0.1, 0.15) is 5.75 Å². The molecule has 0 spiro atoms. The summed E-state index contributed by atoms with van der Waals surface area (Å²) in [7, 11) is 0. The summed E-state index contributed by atoms with van der Waals surface area (Å²) in [5.41, 5.74) is 4.92. The van der Waals surface area contributed by atoms with Crippen LogP contribution in [0.5, 0.6) is 5.75 Å². The summed E-state index contributed by atoms with van der Waals surface area (Å²) in [6, 6.07) is 9.75. The zero-order chi connectivity index (χ0) is 14.7. The minimum Gasteiger partial charge on any atom is -0.506 e. The summed E-state index contributed by atoms with van der Waals surface area (Å²) >= 11 is 5.98. The molecule has 0 radical (unpaired) electrons. The van der Waals surface area contributed by atoms with Crippen molar-refractivity contribution in [2.45, 2.75) is 27.2 Å². The quantitative estimate of drug-likeness (QED) is 0.794. The molecule has 2 nitrogen and oxygen atoms in total. The Kier molecular flexibility index (Phi) is 4.46. The lowest BCUT2D eigenvalue weighted by atomic mass is 10.1. The van der Waals surface area contributed by atoms with Crippen molar-refractivity contribution in [2.24, 2.45) is 4.99 Å². The largest absolute Gasteiger partial charge is 0.506 e. The highest BCUT2D eigenvalue weighted by atomic mass is 35.5. The van der Waals surface area contributed by atoms with Crippen LogP contribution in [0, 0.1) is 13.8 Å². The van der Waals surface area contributed by atoms with Crippen LogP contribution in [0.15, 0.2) is 35.3 Å². The Hall–Kier alpha value is -1.80. The molecule has 3 heteroatoms. The normalized spacial score (nSPS) is 11.2. The van der Waals surface area contributed by atoms with Crippen LogP contribution >= 0.6 is 11.6 Å². The Morgan fingerprint density at radius 2 is 2.00 bits per heavy atom. The highest BCUT2D eigenvalue weighted by Gasteiger charge is 2.06. The smallest absolute Gasteiger partial charge is 0.142 e. The van der Waals surface area contributed by atoms with Crippen molar-refractivity contribution in [3.05, 3.63) is 57.6 Å². The molecule has 0 amide bonds. The third kappa shape index (κ3) is 3.02. The van der Waals surface area contributed by atoms with Crippen LogP contribution < -0.4 is 0 Å². The summed E-state index contributed by atoms with van der Waals surface area (Å²) in [6.07, 6.45) is 2.60. The highest BCUT2D eigenvalue weighted by Crippen LogP contribution is 2.29. The van der Waals surface area contributed by atoms with Gasteiger partial charge in [0.25, 0.3) is 0 Å². The lowest BCUT2D eigenvalue weighted by molar-refractivity contribution is 0.474. The van der Waals surface area contributed by atoms with E-state index in [1.54, 1.807) is 12.3 Å². The first-order valence-electron chi connectivity index (χ1n) is 6.64. The zero-order valence-corrected chi connectivity index (χ0v) is 12.7. The van der Waals surface area contributed by atoms with Gasteiger partial charge >= 0.3 is 0 Å². The van der Waals surface area contributed by atoms with Gasteiger partial charge < -0.3 is 5.11 Å². The van der Waals surface area contributed by atoms with E-state index in [0.717, 1.165) is 23.2 Å². The fourth-order valence-corrected chi connectivity index (χ4v) is 2.46. The number of aliphatic imine (C=N–C) groups is 1. The van der Waals surface area contributed by atoms with Gasteiger partial charge in [0.05, 0.1) is 10.7 Å². The molecule has 0 atom stereocenters. The lowest BCUT2D eigenvalue weighted by Gasteiger charge is -2.07. The summed E-state index contributed by atoms with van der Waals surface area (Å²) < 4.78 is 0. The number of phenols is 1. The topological polar surface area (TPSA) is 32.6 Å². The van der Waals surface area contributed by atoms with Crippen LogP contribution in [-0.4, -0.2) is 11.3 Å². The number of hydrogen-bond donors (Lipinski definition) is 1. The van der Waals surface area contributed by atoms with Gasteiger partial charge in [0.2, 0.25) is 0 Å². The predicted molar refractivity (Wildman–Crippen MR) is 85.7 cm³/mol. The van der Waals surface area contributed by atoms with Crippen LogP contribution in [0.1, 0.15) is 29.2 Å². The third-order valence-corrected chi connectivity index (χ3v) is 3.56. The van der Waals surface area contributed by atoms with Crippen LogP contribution in [0.3, 0.4) is 0 Å². The van der Waals surface area contributed by atoms with Crippen molar-refractivity contribution in [1.29, 1.82) is 0 Å². The molecule has 0 aliphatic rings. The average Bonchev–Trinajstić information content (AvgIpc) is 2.42. The Bertz CT molecular complexity index is 662. The minimum atomic E-state index is 0.0765. The molecule has 1 N–H and O–H groups in total. The number of benzene rings is 2. The second kappa shape index (κ2) is 6.10. The maximum absolute atomic E-state index is 9.97. The average molecular weight is 288 g/mol. The van der Waals surface area contributed by atoms with E-state index in [4.69, 9.17) is 11.6 Å². The number of rotatable bonds is 3. The van der Waals surface area contributed by atoms with Gasteiger partial charge in [-0.2, -0.15) is 0 Å². The van der Waals surface area contributed by atoms with Gasteiger partial charge in [-0.05, 0) is 49.1 Å². The number of halogens is 1. The molecule has 0 aliphatic carbocycles. The van der Waals surface area contributed by atoms with Crippen LogP contribution in [0.25, 0.3) is 0 Å². The second-order valence-corrected chi connectivity index (χ2v) is 5.29. The molecular weight excluding hydrogens is 270 g/mol. The molecule has 0 aromatic heterocycles. The summed E-state index contributed by atoms with van der Waals surface area (Å²) in [5.74, 6) is 0.0765. The van der Waals surface area contributed by atoms with Crippen molar-refractivity contribution in [1.82, 2.24) is 0 Å². The Labute approximate surface area is 124 Å². The van der Waals surface area contributed by atoms with Gasteiger partial charge in [0.15, 0.2) is 0 Å². The van der Waals surface area contributed by atoms with Gasteiger partial charge in [-0.15, -0.1) is 0 Å². The van der Waals surface area contributed by atoms with Crippen molar-refractivity contribution in [2.75, 3.05) is 0 Å². The number of nitrogens with zero attached hydrogens (tertiary/aromatic N) is 1. The van der Waals surface area contributed by atoms with Gasteiger partial charge in [0, 0.05) is 11.8 Å². The van der Waals surface area contributed by atoms with E-state index in [1.807, 2.05) is 32.0 Å². The highest BCUT2D eigenvalue weighted by molar-refractivity contribution is 6.32. The Balaban J connectivity index is 2.45. The molecule has 2 rings (SSSR count). The van der Waals surface area contributed by atoms with Crippen molar-refractivity contribution in [3.63, 3.8) is 0 Å². The van der Waals surface area contributed by atoms with Crippen LogP contribution in [-0.2, 0) is 6.42 Å². The SMILES string of the molecule is CCc1cccc(C)c1N=Cc1cc(C)cc(Cl)c1O. The van der Waals surface area contributed by atoms with E-state index in [1.165, 1.54) is 5.56 Å². The first kappa shape index (κ1) is 14.6. The molecule has 2 aromatic rings. The molecule has 0 saturated heterocycles. The fraction of sp³-hybridized carbons (Fsp3) is 0.235. The Morgan fingerprint density at radius 3 is 2.70 bits per heavy atom. The summed E-state index contributed by atoms with van der Waals surface area (Å²) in [5, 5.41) is 10.3. The molecule has 0 bridgehead atoms. The summed E-state index contributed by atoms with van der Waals surface area (Å²) in [4.78, 5) is 4.55. The van der Waals surface area contributed by atoms with Crippen molar-refractivity contribution in [3.8, 4) is 5.75 Å². The fourth-order valence-electron chi connectivity index (χ4n) is 2.18. The first-order valence-corrected chi connectivity index (χ1v) is 7.02. The minimum absolute atomic E-state index is 0.0765. The van der Waals surface area contributed by atoms with Crippen molar-refractivity contribution < 1.29 is 5.11 Å². The number of phenolic OH excluding ortho intramolecular Hbond substituents is 1. The zero-order valence-electron chi connectivity index (χ0n) is 11.9. The maximum Gasteiger partial charge on any atom is 0.142 e. The number of para-hydroxylation sites is 1. The van der Waals surface area contributed by atoms with E-state index in [-0.39, 0.29) is 5.75 Å². The third-order valence-electron chi connectivity index (χ3n) is 3.27. The van der Waals surface area contributed by atoms with E-state index in [2.05, 4.69) is 18.0 Å². The van der Waals surface area contributed by atoms with Crippen molar-refractivity contribution >= 4 is 23.5 Å². The van der Waals surface area contributed by atoms with E-state index < -0.39 is 0 Å². The second-order valence-electron chi connectivity index (χ2n) is 4.88. The molecule has 0 heterocycles. The molecule has 0 saturated carbocycles. The predicted octanol–water partition coefficient (Wildman–Crippen LogP) is 4.98. The summed E-state index contributed by atoms with van der Waals surface area (Å²) in [6.45, 7) is 6.08. The number of aryl methyl sites for hydroxylation is 3. The molecule has 0 fully saturated rings. The van der Waals surface area contributed by atoms with E-state index in [0.29, 0.717) is 10.6 Å². The van der Waals surface area contributed by atoms with E-state index in [9.17, 15) is 5.11 Å². The molecule has 20 heavy (non-hydrogen) atoms. The first-order chi connectivity index (χ1) is 9.52. The Morgan fingerprint density at radius 1 is 1.25 bits per heavy atom. The molecule has 2 aromatic carbocycles. The van der Waals surface area contributed by atoms with Crippen LogP contribution in [0.4, 0.5) is 5.69 Å². The van der Waals surface area contributed by atoms with Gasteiger partial charge in [-0.1, -0.05) is 36.7 Å². The number of aromatic hydroxyl groups is 1. The molecular formula is C17H18ClNO. The van der Waals surface area contributed by atoms with Crippen LogP contribution in [0.2, 0.25) is 5.02 Å².